The third kappa shape index (κ3) is 3.94. The van der Waals surface area contributed by atoms with Gasteiger partial charge in [0.15, 0.2) is 0 Å². The smallest absolute Gasteiger partial charge is 0.259 e. The second-order valence-electron chi connectivity index (χ2n) is 3.45. The molecule has 0 aliphatic rings. The van der Waals surface area contributed by atoms with E-state index in [1.165, 1.54) is 23.9 Å². The fourth-order valence-electron chi connectivity index (χ4n) is 1.25. The summed E-state index contributed by atoms with van der Waals surface area (Å²) in [5.74, 6) is 0.746. The van der Waals surface area contributed by atoms with Crippen molar-refractivity contribution in [1.82, 2.24) is 5.06 Å². The number of benzene rings is 1. The average Bonchev–Trinajstić information content (AvgIpc) is 2.37. The standard InChI is InChI=1S/C12H17NO3S/c1-9(12(14)13(2)16-4)17-11-7-5-10(15-3)6-8-11/h5-9H,1-4H3/t9-/m1/s1. The largest absolute Gasteiger partial charge is 0.497 e. The van der Waals surface area contributed by atoms with Gasteiger partial charge in [-0.05, 0) is 31.2 Å². The van der Waals surface area contributed by atoms with Crippen LogP contribution in [0.25, 0.3) is 0 Å². The zero-order valence-electron chi connectivity index (χ0n) is 10.5. The van der Waals surface area contributed by atoms with E-state index in [1.54, 1.807) is 14.2 Å². The number of carbonyl (C=O) groups is 1. The fraction of sp³-hybridized carbons (Fsp3) is 0.417. The molecule has 0 saturated carbocycles. The van der Waals surface area contributed by atoms with Crippen molar-refractivity contribution < 1.29 is 14.4 Å². The molecular weight excluding hydrogens is 238 g/mol. The van der Waals surface area contributed by atoms with Crippen molar-refractivity contribution >= 4 is 17.7 Å². The number of ether oxygens (including phenoxy) is 1. The molecule has 1 aromatic carbocycles. The van der Waals surface area contributed by atoms with Gasteiger partial charge in [0.05, 0.1) is 19.5 Å². The second kappa shape index (κ2) is 6.51. The Morgan fingerprint density at radius 3 is 2.35 bits per heavy atom. The summed E-state index contributed by atoms with van der Waals surface area (Å²) in [5, 5.41) is 1.05. The average molecular weight is 255 g/mol. The molecule has 4 nitrogen and oxygen atoms in total. The van der Waals surface area contributed by atoms with Gasteiger partial charge in [-0.1, -0.05) is 0 Å². The molecule has 0 heterocycles. The highest BCUT2D eigenvalue weighted by atomic mass is 32.2. The lowest BCUT2D eigenvalue weighted by Crippen LogP contribution is -2.32. The summed E-state index contributed by atoms with van der Waals surface area (Å²) in [5.41, 5.74) is 0. The topological polar surface area (TPSA) is 38.8 Å². The van der Waals surface area contributed by atoms with Crippen molar-refractivity contribution in [3.63, 3.8) is 0 Å². The Hall–Kier alpha value is -1.20. The SMILES string of the molecule is COc1ccc(S[C@H](C)C(=O)N(C)OC)cc1. The van der Waals surface area contributed by atoms with E-state index in [1.807, 2.05) is 31.2 Å². The summed E-state index contributed by atoms with van der Waals surface area (Å²) in [7, 11) is 4.71. The zero-order chi connectivity index (χ0) is 12.8. The van der Waals surface area contributed by atoms with E-state index in [9.17, 15) is 4.79 Å². The predicted octanol–water partition coefficient (Wildman–Crippen LogP) is 2.20. The molecule has 1 amide bonds. The molecule has 0 aliphatic heterocycles. The van der Waals surface area contributed by atoms with Crippen LogP contribution in [0.1, 0.15) is 6.92 Å². The summed E-state index contributed by atoms with van der Waals surface area (Å²) >= 11 is 1.49. The molecule has 17 heavy (non-hydrogen) atoms. The first-order chi connectivity index (χ1) is 8.08. The van der Waals surface area contributed by atoms with Crippen LogP contribution in [0.5, 0.6) is 5.75 Å². The summed E-state index contributed by atoms with van der Waals surface area (Å²) in [4.78, 5) is 17.6. The summed E-state index contributed by atoms with van der Waals surface area (Å²) in [6, 6.07) is 7.61. The monoisotopic (exact) mass is 255 g/mol. The van der Waals surface area contributed by atoms with Crippen LogP contribution >= 0.6 is 11.8 Å². The van der Waals surface area contributed by atoms with Crippen LogP contribution < -0.4 is 4.74 Å². The van der Waals surface area contributed by atoms with Crippen molar-refractivity contribution in [2.75, 3.05) is 21.3 Å². The maximum atomic E-state index is 11.8. The van der Waals surface area contributed by atoms with Crippen LogP contribution in [0.15, 0.2) is 29.2 Å². The molecule has 0 spiro atoms. The Morgan fingerprint density at radius 1 is 1.29 bits per heavy atom. The van der Waals surface area contributed by atoms with E-state index in [-0.39, 0.29) is 11.2 Å². The van der Waals surface area contributed by atoms with Crippen molar-refractivity contribution in [1.29, 1.82) is 0 Å². The van der Waals surface area contributed by atoms with E-state index in [0.29, 0.717) is 0 Å². The summed E-state index contributed by atoms with van der Waals surface area (Å²) in [6.45, 7) is 1.85. The van der Waals surface area contributed by atoms with Crippen LogP contribution in [0, 0.1) is 0 Å². The van der Waals surface area contributed by atoms with Gasteiger partial charge >= 0.3 is 0 Å². The summed E-state index contributed by atoms with van der Waals surface area (Å²) < 4.78 is 5.07. The second-order valence-corrected chi connectivity index (χ2v) is 4.87. The molecule has 0 fully saturated rings. The van der Waals surface area contributed by atoms with Gasteiger partial charge in [-0.25, -0.2) is 5.06 Å². The molecule has 0 aromatic heterocycles. The number of hydrogen-bond donors (Lipinski definition) is 0. The summed E-state index contributed by atoms with van der Waals surface area (Å²) in [6.07, 6.45) is 0. The Morgan fingerprint density at radius 2 is 1.88 bits per heavy atom. The van der Waals surface area contributed by atoms with Crippen LogP contribution in [0.3, 0.4) is 0 Å². The fourth-order valence-corrected chi connectivity index (χ4v) is 2.21. The van der Waals surface area contributed by atoms with Crippen molar-refractivity contribution in [2.45, 2.75) is 17.1 Å². The first-order valence-electron chi connectivity index (χ1n) is 5.21. The highest BCUT2D eigenvalue weighted by Gasteiger charge is 2.18. The first-order valence-corrected chi connectivity index (χ1v) is 6.09. The first kappa shape index (κ1) is 13.9. The van der Waals surface area contributed by atoms with E-state index >= 15 is 0 Å². The van der Waals surface area contributed by atoms with E-state index in [0.717, 1.165) is 10.6 Å². The Bertz CT molecular complexity index is 367. The Kier molecular flexibility index (Phi) is 5.31. The van der Waals surface area contributed by atoms with E-state index in [4.69, 9.17) is 9.57 Å². The van der Waals surface area contributed by atoms with Crippen LogP contribution in [0.4, 0.5) is 0 Å². The van der Waals surface area contributed by atoms with Crippen LogP contribution in [-0.2, 0) is 9.63 Å². The van der Waals surface area contributed by atoms with E-state index < -0.39 is 0 Å². The maximum absolute atomic E-state index is 11.8. The molecule has 1 aromatic rings. The molecule has 0 saturated heterocycles. The molecule has 0 radical (unpaired) electrons. The third-order valence-electron chi connectivity index (χ3n) is 2.30. The molecule has 0 unspecified atom stereocenters. The van der Waals surface area contributed by atoms with Gasteiger partial charge in [0.1, 0.15) is 5.75 Å². The van der Waals surface area contributed by atoms with Gasteiger partial charge in [0, 0.05) is 11.9 Å². The molecule has 0 bridgehead atoms. The van der Waals surface area contributed by atoms with Crippen LogP contribution in [0.2, 0.25) is 0 Å². The third-order valence-corrected chi connectivity index (χ3v) is 3.40. The molecule has 0 N–H and O–H groups in total. The van der Waals surface area contributed by atoms with Crippen molar-refractivity contribution in [3.05, 3.63) is 24.3 Å². The highest BCUT2D eigenvalue weighted by molar-refractivity contribution is 8.00. The maximum Gasteiger partial charge on any atom is 0.259 e. The van der Waals surface area contributed by atoms with Gasteiger partial charge in [-0.3, -0.25) is 9.63 Å². The number of carbonyl (C=O) groups excluding carboxylic acids is 1. The number of hydrogen-bond acceptors (Lipinski definition) is 4. The molecular formula is C12H17NO3S. The predicted molar refractivity (Wildman–Crippen MR) is 68.1 cm³/mol. The van der Waals surface area contributed by atoms with Crippen molar-refractivity contribution in [2.24, 2.45) is 0 Å². The number of hydroxylamine groups is 2. The van der Waals surface area contributed by atoms with Gasteiger partial charge < -0.3 is 4.74 Å². The lowest BCUT2D eigenvalue weighted by Gasteiger charge is -2.18. The van der Waals surface area contributed by atoms with Crippen molar-refractivity contribution in [3.8, 4) is 5.75 Å². The normalized spacial score (nSPS) is 12.0. The lowest BCUT2D eigenvalue weighted by atomic mass is 10.3. The van der Waals surface area contributed by atoms with Crippen LogP contribution in [-0.4, -0.2) is 37.5 Å². The minimum Gasteiger partial charge on any atom is -0.497 e. The zero-order valence-corrected chi connectivity index (χ0v) is 11.3. The highest BCUT2D eigenvalue weighted by Crippen LogP contribution is 2.26. The molecule has 94 valence electrons. The number of thioether (sulfide) groups is 1. The van der Waals surface area contributed by atoms with E-state index in [2.05, 4.69) is 0 Å². The molecule has 5 heteroatoms. The van der Waals surface area contributed by atoms with Gasteiger partial charge in [-0.2, -0.15) is 0 Å². The number of nitrogens with zero attached hydrogens (tertiary/aromatic N) is 1. The minimum atomic E-state index is -0.187. The Labute approximate surface area is 106 Å². The molecule has 0 aliphatic carbocycles. The van der Waals surface area contributed by atoms with Gasteiger partial charge in [0.2, 0.25) is 0 Å². The lowest BCUT2D eigenvalue weighted by molar-refractivity contribution is -0.167. The quantitative estimate of drug-likeness (QED) is 0.597. The van der Waals surface area contributed by atoms with Gasteiger partial charge in [-0.15, -0.1) is 11.8 Å². The molecule has 1 rings (SSSR count). The molecule has 1 atom stereocenters. The Balaban J connectivity index is 2.61. The number of methoxy groups -OCH3 is 1. The number of amides is 1. The van der Waals surface area contributed by atoms with Gasteiger partial charge in [0.25, 0.3) is 5.91 Å². The minimum absolute atomic E-state index is 0.0617. The number of rotatable bonds is 5.